The van der Waals surface area contributed by atoms with Crippen molar-refractivity contribution in [2.45, 2.75) is 58.9 Å². The van der Waals surface area contributed by atoms with Gasteiger partial charge in [-0.25, -0.2) is 0 Å². The highest BCUT2D eigenvalue weighted by atomic mass is 16.1. The first-order valence-electron chi connectivity index (χ1n) is 7.08. The second kappa shape index (κ2) is 7.70. The van der Waals surface area contributed by atoms with Crippen LogP contribution in [-0.2, 0) is 4.79 Å². The van der Waals surface area contributed by atoms with Gasteiger partial charge in [0, 0.05) is 19.0 Å². The van der Waals surface area contributed by atoms with Crippen molar-refractivity contribution in [1.82, 2.24) is 10.6 Å². The summed E-state index contributed by atoms with van der Waals surface area (Å²) in [7, 11) is 0. The van der Waals surface area contributed by atoms with Gasteiger partial charge >= 0.3 is 0 Å². The lowest BCUT2D eigenvalue weighted by Gasteiger charge is -2.26. The molecule has 1 aliphatic carbocycles. The van der Waals surface area contributed by atoms with Gasteiger partial charge in [-0.15, -0.1) is 0 Å². The number of rotatable bonds is 6. The van der Waals surface area contributed by atoms with E-state index in [1.165, 1.54) is 25.7 Å². The van der Waals surface area contributed by atoms with Crippen LogP contribution in [0.1, 0.15) is 52.9 Å². The van der Waals surface area contributed by atoms with Crippen LogP contribution in [0.25, 0.3) is 0 Å². The van der Waals surface area contributed by atoms with Gasteiger partial charge in [-0.2, -0.15) is 0 Å². The van der Waals surface area contributed by atoms with E-state index < -0.39 is 0 Å². The maximum absolute atomic E-state index is 11.4. The minimum Gasteiger partial charge on any atom is -0.354 e. The maximum Gasteiger partial charge on any atom is 0.221 e. The molecule has 0 aromatic carbocycles. The highest BCUT2D eigenvalue weighted by Gasteiger charge is 2.18. The molecule has 0 aromatic heterocycles. The molecule has 0 aromatic rings. The molecule has 100 valence electrons. The Balaban J connectivity index is 2.01. The Morgan fingerprint density at radius 3 is 2.76 bits per heavy atom. The van der Waals surface area contributed by atoms with Gasteiger partial charge in [0.15, 0.2) is 0 Å². The molecule has 1 aliphatic rings. The van der Waals surface area contributed by atoms with Crippen LogP contribution in [0.2, 0.25) is 0 Å². The lowest BCUT2D eigenvalue weighted by Crippen LogP contribution is -2.34. The van der Waals surface area contributed by atoms with E-state index in [9.17, 15) is 4.79 Å². The summed E-state index contributed by atoms with van der Waals surface area (Å²) in [6, 6.07) is 0.252. The minimum atomic E-state index is 0.157. The quantitative estimate of drug-likeness (QED) is 0.700. The fraction of sp³-hybridized carbons (Fsp3) is 0.929. The van der Waals surface area contributed by atoms with E-state index in [1.54, 1.807) is 0 Å². The largest absolute Gasteiger partial charge is 0.354 e. The predicted molar refractivity (Wildman–Crippen MR) is 71.9 cm³/mol. The van der Waals surface area contributed by atoms with Gasteiger partial charge in [-0.1, -0.05) is 19.8 Å². The topological polar surface area (TPSA) is 41.1 Å². The summed E-state index contributed by atoms with van der Waals surface area (Å²) >= 11 is 0. The van der Waals surface area contributed by atoms with Crippen LogP contribution in [0.3, 0.4) is 0 Å². The highest BCUT2D eigenvalue weighted by molar-refractivity contribution is 5.76. The molecule has 2 N–H and O–H groups in total. The Labute approximate surface area is 106 Å². The van der Waals surface area contributed by atoms with Crippen LogP contribution in [0.15, 0.2) is 0 Å². The summed E-state index contributed by atoms with van der Waals surface area (Å²) in [6.07, 6.45) is 6.08. The standard InChI is InChI=1S/C14H28N2O/c1-11(2)16-14(17)7-8-15-10-13-6-4-5-12(3)9-13/h11-13,15H,4-10H2,1-3H3,(H,16,17). The highest BCUT2D eigenvalue weighted by Crippen LogP contribution is 2.27. The van der Waals surface area contributed by atoms with E-state index in [-0.39, 0.29) is 11.9 Å². The van der Waals surface area contributed by atoms with Gasteiger partial charge in [0.05, 0.1) is 0 Å². The molecule has 1 amide bonds. The van der Waals surface area contributed by atoms with Crippen LogP contribution in [0.4, 0.5) is 0 Å². The van der Waals surface area contributed by atoms with Crippen molar-refractivity contribution in [3.63, 3.8) is 0 Å². The van der Waals surface area contributed by atoms with E-state index in [0.29, 0.717) is 6.42 Å². The molecular weight excluding hydrogens is 212 g/mol. The van der Waals surface area contributed by atoms with Gasteiger partial charge in [-0.05, 0) is 45.1 Å². The Morgan fingerprint density at radius 1 is 1.35 bits per heavy atom. The molecule has 1 rings (SSSR count). The summed E-state index contributed by atoms with van der Waals surface area (Å²) in [5.74, 6) is 1.87. The van der Waals surface area contributed by atoms with E-state index in [2.05, 4.69) is 17.6 Å². The first-order chi connectivity index (χ1) is 8.08. The first kappa shape index (κ1) is 14.5. The molecule has 2 atom stereocenters. The molecule has 0 aliphatic heterocycles. The molecule has 0 spiro atoms. The van der Waals surface area contributed by atoms with E-state index >= 15 is 0 Å². The van der Waals surface area contributed by atoms with Crippen LogP contribution >= 0.6 is 0 Å². The smallest absolute Gasteiger partial charge is 0.221 e. The molecular formula is C14H28N2O. The summed E-state index contributed by atoms with van der Waals surface area (Å²) < 4.78 is 0. The molecule has 17 heavy (non-hydrogen) atoms. The third kappa shape index (κ3) is 6.67. The van der Waals surface area contributed by atoms with Crippen LogP contribution < -0.4 is 10.6 Å². The molecule has 0 saturated heterocycles. The van der Waals surface area contributed by atoms with Gasteiger partial charge in [-0.3, -0.25) is 4.79 Å². The molecule has 1 saturated carbocycles. The van der Waals surface area contributed by atoms with Crippen LogP contribution in [0, 0.1) is 11.8 Å². The van der Waals surface area contributed by atoms with Crippen molar-refractivity contribution in [3.8, 4) is 0 Å². The number of nitrogens with one attached hydrogen (secondary N) is 2. The van der Waals surface area contributed by atoms with Crippen LogP contribution in [0.5, 0.6) is 0 Å². The zero-order chi connectivity index (χ0) is 12.7. The number of carbonyl (C=O) groups is 1. The van der Waals surface area contributed by atoms with Gasteiger partial charge in [0.2, 0.25) is 5.91 Å². The van der Waals surface area contributed by atoms with Crippen molar-refractivity contribution < 1.29 is 4.79 Å². The van der Waals surface area contributed by atoms with Gasteiger partial charge in [0.1, 0.15) is 0 Å². The van der Waals surface area contributed by atoms with Gasteiger partial charge < -0.3 is 10.6 Å². The number of carbonyl (C=O) groups excluding carboxylic acids is 1. The monoisotopic (exact) mass is 240 g/mol. The minimum absolute atomic E-state index is 0.157. The fourth-order valence-electron chi connectivity index (χ4n) is 2.65. The van der Waals surface area contributed by atoms with Crippen molar-refractivity contribution in [2.75, 3.05) is 13.1 Å². The first-order valence-corrected chi connectivity index (χ1v) is 7.08. The molecule has 1 fully saturated rings. The lowest BCUT2D eigenvalue weighted by molar-refractivity contribution is -0.121. The second-order valence-corrected chi connectivity index (χ2v) is 5.81. The molecule has 0 radical (unpaired) electrons. The number of amides is 1. The van der Waals surface area contributed by atoms with Crippen LogP contribution in [-0.4, -0.2) is 25.0 Å². The number of hydrogen-bond donors (Lipinski definition) is 2. The second-order valence-electron chi connectivity index (χ2n) is 5.81. The Morgan fingerprint density at radius 2 is 2.12 bits per heavy atom. The fourth-order valence-corrected chi connectivity index (χ4v) is 2.65. The van der Waals surface area contributed by atoms with E-state index in [1.807, 2.05) is 13.8 Å². The summed E-state index contributed by atoms with van der Waals surface area (Å²) in [4.78, 5) is 11.4. The summed E-state index contributed by atoms with van der Waals surface area (Å²) in [5, 5.41) is 6.33. The average Bonchev–Trinajstić information content (AvgIpc) is 2.23. The van der Waals surface area contributed by atoms with Gasteiger partial charge in [0.25, 0.3) is 0 Å². The van der Waals surface area contributed by atoms with Crippen molar-refractivity contribution in [3.05, 3.63) is 0 Å². The molecule has 2 unspecified atom stereocenters. The third-order valence-corrected chi connectivity index (χ3v) is 3.46. The lowest BCUT2D eigenvalue weighted by atomic mass is 9.82. The Bertz CT molecular complexity index is 228. The zero-order valence-corrected chi connectivity index (χ0v) is 11.6. The average molecular weight is 240 g/mol. The SMILES string of the molecule is CC1CCCC(CNCCC(=O)NC(C)C)C1. The zero-order valence-electron chi connectivity index (χ0n) is 11.6. The third-order valence-electron chi connectivity index (χ3n) is 3.46. The van der Waals surface area contributed by atoms with Crippen molar-refractivity contribution in [2.24, 2.45) is 11.8 Å². The molecule has 0 bridgehead atoms. The molecule has 0 heterocycles. The van der Waals surface area contributed by atoms with E-state index in [4.69, 9.17) is 0 Å². The van der Waals surface area contributed by atoms with Crippen molar-refractivity contribution in [1.29, 1.82) is 0 Å². The number of hydrogen-bond acceptors (Lipinski definition) is 2. The maximum atomic E-state index is 11.4. The summed E-state index contributed by atoms with van der Waals surface area (Å²) in [5.41, 5.74) is 0. The normalized spacial score (nSPS) is 24.9. The molecule has 3 heteroatoms. The Kier molecular flexibility index (Phi) is 6.56. The summed E-state index contributed by atoms with van der Waals surface area (Å²) in [6.45, 7) is 8.23. The van der Waals surface area contributed by atoms with E-state index in [0.717, 1.165) is 24.9 Å². The predicted octanol–water partition coefficient (Wildman–Crippen LogP) is 2.32. The molecule has 3 nitrogen and oxygen atoms in total. The Hall–Kier alpha value is -0.570. The van der Waals surface area contributed by atoms with Crippen molar-refractivity contribution >= 4 is 5.91 Å².